The first-order chi connectivity index (χ1) is 9.24. The van der Waals surface area contributed by atoms with Crippen LogP contribution in [0.15, 0.2) is 24.3 Å². The quantitative estimate of drug-likeness (QED) is 0.615. The number of hydrogen-bond donors (Lipinski definition) is 0. The Balaban J connectivity index is 1.55. The third-order valence-electron chi connectivity index (χ3n) is 4.53. The molecule has 98 valence electrons. The van der Waals surface area contributed by atoms with Crippen LogP contribution in [0, 0.1) is 29.1 Å². The Kier molecular flexibility index (Phi) is 3.25. The average Bonchev–Trinajstić information content (AvgIpc) is 3.02. The predicted molar refractivity (Wildman–Crippen MR) is 70.3 cm³/mol. The topological polar surface area (TPSA) is 50.1 Å². The summed E-state index contributed by atoms with van der Waals surface area (Å²) in [6, 6.07) is 8.73. The van der Waals surface area contributed by atoms with Crippen molar-refractivity contribution in [2.24, 2.45) is 17.8 Å². The first-order valence-electron chi connectivity index (χ1n) is 6.95. The molecule has 3 atom stereocenters. The van der Waals surface area contributed by atoms with Crippen molar-refractivity contribution >= 4 is 5.97 Å². The summed E-state index contributed by atoms with van der Waals surface area (Å²) < 4.78 is 5.34. The molecular weight excluding hydrogens is 238 g/mol. The molecule has 3 heteroatoms. The number of nitrogens with zero attached hydrogens (tertiary/aromatic N) is 1. The molecule has 3 rings (SSSR count). The van der Waals surface area contributed by atoms with Gasteiger partial charge in [0.15, 0.2) is 0 Å². The van der Waals surface area contributed by atoms with Crippen LogP contribution < -0.4 is 4.74 Å². The van der Waals surface area contributed by atoms with Crippen molar-refractivity contribution in [1.82, 2.24) is 0 Å². The molecule has 2 aliphatic rings. The van der Waals surface area contributed by atoms with Gasteiger partial charge >= 0.3 is 5.97 Å². The lowest BCUT2D eigenvalue weighted by Gasteiger charge is -2.20. The largest absolute Gasteiger partial charge is 0.427 e. The summed E-state index contributed by atoms with van der Waals surface area (Å²) in [6.07, 6.45) is 5.70. The molecule has 0 amide bonds. The first-order valence-corrected chi connectivity index (χ1v) is 6.95. The van der Waals surface area contributed by atoms with Gasteiger partial charge in [-0.05, 0) is 61.3 Å². The lowest BCUT2D eigenvalue weighted by molar-refractivity contribution is -0.135. The lowest BCUT2D eigenvalue weighted by Crippen LogP contribution is -2.18. The molecule has 1 aromatic rings. The van der Waals surface area contributed by atoms with E-state index in [-0.39, 0.29) is 5.97 Å². The van der Waals surface area contributed by atoms with E-state index in [0.29, 0.717) is 23.7 Å². The monoisotopic (exact) mass is 255 g/mol. The molecule has 2 aliphatic carbocycles. The molecule has 0 radical (unpaired) electrons. The smallest absolute Gasteiger partial charge is 0.311 e. The van der Waals surface area contributed by atoms with E-state index in [1.807, 2.05) is 6.07 Å². The summed E-state index contributed by atoms with van der Waals surface area (Å²) >= 11 is 0. The van der Waals surface area contributed by atoms with Gasteiger partial charge in [-0.3, -0.25) is 4.79 Å². The first kappa shape index (κ1) is 12.2. The Bertz CT molecular complexity index is 515. The lowest BCUT2D eigenvalue weighted by atomic mass is 9.86. The number of benzene rings is 1. The molecule has 1 aromatic carbocycles. The Morgan fingerprint density at radius 1 is 1.26 bits per heavy atom. The Hall–Kier alpha value is -1.82. The van der Waals surface area contributed by atoms with Crippen molar-refractivity contribution in [2.45, 2.75) is 32.1 Å². The van der Waals surface area contributed by atoms with Gasteiger partial charge in [0.2, 0.25) is 0 Å². The maximum Gasteiger partial charge on any atom is 0.311 e. The van der Waals surface area contributed by atoms with E-state index in [9.17, 15) is 4.79 Å². The molecule has 3 nitrogen and oxygen atoms in total. The maximum absolute atomic E-state index is 11.9. The highest BCUT2D eigenvalue weighted by atomic mass is 16.5. The zero-order chi connectivity index (χ0) is 13.2. The normalized spacial score (nSPS) is 28.1. The fourth-order valence-corrected chi connectivity index (χ4v) is 3.61. The number of ether oxygens (including phenoxy) is 1. The standard InChI is InChI=1S/C16H17NO2/c17-10-11-2-5-15(6-3-11)19-16(18)9-14-8-12-1-4-13(14)7-12/h2-3,5-6,12-14H,1,4,7-9H2. The number of fused-ring (bicyclic) bond motifs is 2. The summed E-state index contributed by atoms with van der Waals surface area (Å²) in [5.41, 5.74) is 0.577. The Morgan fingerprint density at radius 2 is 2.05 bits per heavy atom. The average molecular weight is 255 g/mol. The zero-order valence-electron chi connectivity index (χ0n) is 10.8. The molecule has 0 heterocycles. The Morgan fingerprint density at radius 3 is 2.63 bits per heavy atom. The molecule has 19 heavy (non-hydrogen) atoms. The summed E-state index contributed by atoms with van der Waals surface area (Å²) in [6.45, 7) is 0. The summed E-state index contributed by atoms with van der Waals surface area (Å²) in [5.74, 6) is 2.54. The molecule has 2 saturated carbocycles. The van der Waals surface area contributed by atoms with Crippen molar-refractivity contribution in [3.63, 3.8) is 0 Å². The van der Waals surface area contributed by atoms with Crippen LogP contribution in [0.2, 0.25) is 0 Å². The predicted octanol–water partition coefficient (Wildman–Crippen LogP) is 3.29. The van der Waals surface area contributed by atoms with Crippen LogP contribution >= 0.6 is 0 Å². The Labute approximate surface area is 113 Å². The van der Waals surface area contributed by atoms with Crippen LogP contribution in [0.3, 0.4) is 0 Å². The van der Waals surface area contributed by atoms with E-state index in [2.05, 4.69) is 0 Å². The molecule has 3 unspecified atom stereocenters. The highest BCUT2D eigenvalue weighted by Crippen LogP contribution is 2.49. The van der Waals surface area contributed by atoms with Gasteiger partial charge in [-0.2, -0.15) is 5.26 Å². The van der Waals surface area contributed by atoms with Gasteiger partial charge in [-0.15, -0.1) is 0 Å². The highest BCUT2D eigenvalue weighted by molar-refractivity contribution is 5.72. The zero-order valence-corrected chi connectivity index (χ0v) is 10.8. The van der Waals surface area contributed by atoms with Gasteiger partial charge in [0.1, 0.15) is 5.75 Å². The van der Waals surface area contributed by atoms with Crippen LogP contribution in [0.1, 0.15) is 37.7 Å². The number of carbonyl (C=O) groups is 1. The molecule has 2 fully saturated rings. The van der Waals surface area contributed by atoms with Crippen molar-refractivity contribution in [2.75, 3.05) is 0 Å². The molecule has 0 spiro atoms. The van der Waals surface area contributed by atoms with Crippen molar-refractivity contribution < 1.29 is 9.53 Å². The van der Waals surface area contributed by atoms with Gasteiger partial charge in [0.25, 0.3) is 0 Å². The minimum absolute atomic E-state index is 0.137. The van der Waals surface area contributed by atoms with Gasteiger partial charge in [0.05, 0.1) is 11.6 Å². The summed E-state index contributed by atoms with van der Waals surface area (Å²) in [4.78, 5) is 11.9. The number of carbonyl (C=O) groups excluding carboxylic acids is 1. The number of hydrogen-bond acceptors (Lipinski definition) is 3. The third kappa shape index (κ3) is 2.63. The number of esters is 1. The SMILES string of the molecule is N#Cc1ccc(OC(=O)CC2CC3CCC2C3)cc1. The number of rotatable bonds is 3. The van der Waals surface area contributed by atoms with Crippen LogP contribution in [0.25, 0.3) is 0 Å². The molecule has 0 N–H and O–H groups in total. The van der Waals surface area contributed by atoms with Gasteiger partial charge in [-0.1, -0.05) is 6.42 Å². The van der Waals surface area contributed by atoms with E-state index in [4.69, 9.17) is 10.00 Å². The molecular formula is C16H17NO2. The van der Waals surface area contributed by atoms with Crippen molar-refractivity contribution in [3.05, 3.63) is 29.8 Å². The minimum atomic E-state index is -0.137. The summed E-state index contributed by atoms with van der Waals surface area (Å²) in [7, 11) is 0. The molecule has 0 aromatic heterocycles. The van der Waals surface area contributed by atoms with Gasteiger partial charge < -0.3 is 4.74 Å². The van der Waals surface area contributed by atoms with E-state index < -0.39 is 0 Å². The van der Waals surface area contributed by atoms with Gasteiger partial charge in [0, 0.05) is 6.42 Å². The van der Waals surface area contributed by atoms with Gasteiger partial charge in [-0.25, -0.2) is 0 Å². The van der Waals surface area contributed by atoms with Crippen LogP contribution in [0.5, 0.6) is 5.75 Å². The number of nitriles is 1. The molecule has 0 saturated heterocycles. The van der Waals surface area contributed by atoms with Crippen LogP contribution in [-0.4, -0.2) is 5.97 Å². The summed E-state index contributed by atoms with van der Waals surface area (Å²) in [5, 5.41) is 8.70. The van der Waals surface area contributed by atoms with E-state index in [0.717, 1.165) is 11.8 Å². The fourth-order valence-electron chi connectivity index (χ4n) is 3.61. The minimum Gasteiger partial charge on any atom is -0.427 e. The molecule has 2 bridgehead atoms. The second kappa shape index (κ2) is 5.05. The van der Waals surface area contributed by atoms with E-state index >= 15 is 0 Å². The highest BCUT2D eigenvalue weighted by Gasteiger charge is 2.40. The molecule has 0 aliphatic heterocycles. The second-order valence-corrected chi connectivity index (χ2v) is 5.75. The second-order valence-electron chi connectivity index (χ2n) is 5.75. The third-order valence-corrected chi connectivity index (χ3v) is 4.53. The fraction of sp³-hybridized carbons (Fsp3) is 0.500. The van der Waals surface area contributed by atoms with Crippen molar-refractivity contribution in [1.29, 1.82) is 5.26 Å². The van der Waals surface area contributed by atoms with Crippen LogP contribution in [0.4, 0.5) is 0 Å². The van der Waals surface area contributed by atoms with Crippen molar-refractivity contribution in [3.8, 4) is 11.8 Å². The van der Waals surface area contributed by atoms with Crippen LogP contribution in [-0.2, 0) is 4.79 Å². The maximum atomic E-state index is 11.9. The van der Waals surface area contributed by atoms with E-state index in [1.165, 1.54) is 25.7 Å². The van der Waals surface area contributed by atoms with E-state index in [1.54, 1.807) is 24.3 Å².